The fraction of sp³-hybridized carbons (Fsp3) is 0.571. The Kier molecular flexibility index (Phi) is 4.56. The zero-order valence-corrected chi connectivity index (χ0v) is 10.7. The number of hydrogen-bond acceptors (Lipinski definition) is 3. The number of rotatable bonds is 5. The van der Waals surface area contributed by atoms with Gasteiger partial charge in [-0.15, -0.1) is 0 Å². The first kappa shape index (κ1) is 12.9. The van der Waals surface area contributed by atoms with E-state index in [2.05, 4.69) is 10.3 Å². The minimum atomic E-state index is -0.0597. The highest BCUT2D eigenvalue weighted by Gasteiger charge is 2.14. The van der Waals surface area contributed by atoms with Crippen LogP contribution in [0.4, 0.5) is 5.82 Å². The van der Waals surface area contributed by atoms with E-state index in [1.165, 1.54) is 32.1 Å². The molecule has 18 heavy (non-hydrogen) atoms. The molecule has 0 unspecified atom stereocenters. The van der Waals surface area contributed by atoms with Gasteiger partial charge in [-0.2, -0.15) is 0 Å². The Hall–Kier alpha value is -1.58. The number of nitrogens with zero attached hydrogens (tertiary/aromatic N) is 1. The second-order valence-electron chi connectivity index (χ2n) is 5.02. The average molecular weight is 247 g/mol. The summed E-state index contributed by atoms with van der Waals surface area (Å²) < 4.78 is 0. The molecule has 0 saturated heterocycles. The van der Waals surface area contributed by atoms with E-state index in [1.54, 1.807) is 18.3 Å². The molecule has 1 aliphatic rings. The van der Waals surface area contributed by atoms with Gasteiger partial charge in [0.25, 0.3) is 5.91 Å². The summed E-state index contributed by atoms with van der Waals surface area (Å²) >= 11 is 0. The molecule has 1 aromatic heterocycles. The molecule has 1 fully saturated rings. The van der Waals surface area contributed by atoms with Crippen LogP contribution in [-0.2, 0) is 0 Å². The number of carbonyl (C=O) groups is 1. The number of nitrogen functional groups attached to an aromatic ring is 1. The van der Waals surface area contributed by atoms with Gasteiger partial charge in [-0.25, -0.2) is 4.98 Å². The van der Waals surface area contributed by atoms with Crippen LogP contribution in [0.25, 0.3) is 0 Å². The molecular weight excluding hydrogens is 226 g/mol. The maximum atomic E-state index is 11.8. The minimum absolute atomic E-state index is 0.0597. The summed E-state index contributed by atoms with van der Waals surface area (Å²) in [5.41, 5.74) is 6.13. The molecule has 98 valence electrons. The highest BCUT2D eigenvalue weighted by Crippen LogP contribution is 2.28. The summed E-state index contributed by atoms with van der Waals surface area (Å²) in [5, 5.41) is 2.93. The lowest BCUT2D eigenvalue weighted by Crippen LogP contribution is -2.24. The molecule has 0 bridgehead atoms. The third-order valence-corrected chi connectivity index (χ3v) is 3.59. The lowest BCUT2D eigenvalue weighted by molar-refractivity contribution is 0.0952. The number of carbonyl (C=O) groups excluding carboxylic acids is 1. The molecular formula is C14H21N3O. The topological polar surface area (TPSA) is 68.0 Å². The van der Waals surface area contributed by atoms with Gasteiger partial charge in [0.05, 0.1) is 0 Å². The first-order valence-electron chi connectivity index (χ1n) is 6.75. The van der Waals surface area contributed by atoms with Gasteiger partial charge < -0.3 is 11.1 Å². The van der Waals surface area contributed by atoms with Crippen molar-refractivity contribution in [1.29, 1.82) is 0 Å². The van der Waals surface area contributed by atoms with Crippen LogP contribution in [-0.4, -0.2) is 17.4 Å². The number of hydrogen-bond donors (Lipinski definition) is 2. The largest absolute Gasteiger partial charge is 0.384 e. The normalized spacial score (nSPS) is 15.8. The van der Waals surface area contributed by atoms with Crippen LogP contribution < -0.4 is 11.1 Å². The van der Waals surface area contributed by atoms with E-state index in [1.807, 2.05) is 0 Å². The molecule has 0 aromatic carbocycles. The summed E-state index contributed by atoms with van der Waals surface area (Å²) in [6, 6.07) is 3.29. The van der Waals surface area contributed by atoms with Crippen LogP contribution in [0.5, 0.6) is 0 Å². The van der Waals surface area contributed by atoms with E-state index in [4.69, 9.17) is 5.73 Å². The SMILES string of the molecule is Nc1cc(C(=O)NCCCC2CCCC2)ccn1. The Morgan fingerprint density at radius 2 is 2.22 bits per heavy atom. The van der Waals surface area contributed by atoms with Gasteiger partial charge in [0.1, 0.15) is 5.82 Å². The molecule has 1 heterocycles. The first-order chi connectivity index (χ1) is 8.75. The van der Waals surface area contributed by atoms with Crippen molar-refractivity contribution >= 4 is 11.7 Å². The van der Waals surface area contributed by atoms with E-state index < -0.39 is 0 Å². The molecule has 2 rings (SSSR count). The summed E-state index contributed by atoms with van der Waals surface area (Å²) in [4.78, 5) is 15.7. The van der Waals surface area contributed by atoms with Gasteiger partial charge in [0, 0.05) is 18.3 Å². The first-order valence-corrected chi connectivity index (χ1v) is 6.75. The van der Waals surface area contributed by atoms with Gasteiger partial charge in [0.2, 0.25) is 0 Å². The van der Waals surface area contributed by atoms with Crippen LogP contribution in [0.1, 0.15) is 48.9 Å². The highest BCUT2D eigenvalue weighted by atomic mass is 16.1. The summed E-state index contributed by atoms with van der Waals surface area (Å²) in [6.45, 7) is 0.748. The molecule has 1 aliphatic carbocycles. The van der Waals surface area contributed by atoms with Crippen molar-refractivity contribution in [2.75, 3.05) is 12.3 Å². The van der Waals surface area contributed by atoms with Crippen LogP contribution >= 0.6 is 0 Å². The summed E-state index contributed by atoms with van der Waals surface area (Å²) in [6.07, 6.45) is 9.36. The monoisotopic (exact) mass is 247 g/mol. The Labute approximate surface area is 108 Å². The Bertz CT molecular complexity index is 400. The lowest BCUT2D eigenvalue weighted by atomic mass is 10.0. The van der Waals surface area contributed by atoms with E-state index in [9.17, 15) is 4.79 Å². The fourth-order valence-electron chi connectivity index (χ4n) is 2.58. The Morgan fingerprint density at radius 1 is 1.44 bits per heavy atom. The van der Waals surface area contributed by atoms with Crippen LogP contribution in [0, 0.1) is 5.92 Å². The summed E-state index contributed by atoms with van der Waals surface area (Å²) in [7, 11) is 0. The maximum Gasteiger partial charge on any atom is 0.251 e. The van der Waals surface area contributed by atoms with E-state index in [0.717, 1.165) is 18.9 Å². The van der Waals surface area contributed by atoms with E-state index in [-0.39, 0.29) is 5.91 Å². The highest BCUT2D eigenvalue weighted by molar-refractivity contribution is 5.94. The summed E-state index contributed by atoms with van der Waals surface area (Å²) in [5.74, 6) is 1.21. The number of anilines is 1. The maximum absolute atomic E-state index is 11.8. The number of pyridine rings is 1. The Balaban J connectivity index is 1.68. The van der Waals surface area contributed by atoms with Crippen molar-refractivity contribution < 1.29 is 4.79 Å². The molecule has 4 heteroatoms. The van der Waals surface area contributed by atoms with E-state index in [0.29, 0.717) is 11.4 Å². The van der Waals surface area contributed by atoms with Gasteiger partial charge >= 0.3 is 0 Å². The second kappa shape index (κ2) is 6.38. The van der Waals surface area contributed by atoms with Crippen molar-refractivity contribution in [3.8, 4) is 0 Å². The second-order valence-corrected chi connectivity index (χ2v) is 5.02. The molecule has 0 atom stereocenters. The zero-order valence-electron chi connectivity index (χ0n) is 10.7. The van der Waals surface area contributed by atoms with Crippen molar-refractivity contribution in [2.24, 2.45) is 5.92 Å². The predicted octanol–water partition coefficient (Wildman–Crippen LogP) is 2.36. The van der Waals surface area contributed by atoms with Crippen molar-refractivity contribution in [2.45, 2.75) is 38.5 Å². The van der Waals surface area contributed by atoms with E-state index >= 15 is 0 Å². The standard InChI is InChI=1S/C14H21N3O/c15-13-10-12(7-9-16-13)14(18)17-8-3-6-11-4-1-2-5-11/h7,9-11H,1-6,8H2,(H2,15,16)(H,17,18). The molecule has 3 N–H and O–H groups in total. The zero-order chi connectivity index (χ0) is 12.8. The smallest absolute Gasteiger partial charge is 0.251 e. The molecule has 1 saturated carbocycles. The van der Waals surface area contributed by atoms with Crippen molar-refractivity contribution in [3.05, 3.63) is 23.9 Å². The lowest BCUT2D eigenvalue weighted by Gasteiger charge is -2.09. The third kappa shape index (κ3) is 3.72. The fourth-order valence-corrected chi connectivity index (χ4v) is 2.58. The molecule has 0 radical (unpaired) electrons. The van der Waals surface area contributed by atoms with Crippen molar-refractivity contribution in [3.63, 3.8) is 0 Å². The molecule has 1 amide bonds. The molecule has 0 spiro atoms. The number of aromatic nitrogens is 1. The Morgan fingerprint density at radius 3 is 2.94 bits per heavy atom. The molecule has 4 nitrogen and oxygen atoms in total. The van der Waals surface area contributed by atoms with Gasteiger partial charge in [-0.3, -0.25) is 4.79 Å². The molecule has 0 aliphatic heterocycles. The van der Waals surface area contributed by atoms with Gasteiger partial charge in [-0.1, -0.05) is 25.7 Å². The van der Waals surface area contributed by atoms with Gasteiger partial charge in [-0.05, 0) is 30.9 Å². The van der Waals surface area contributed by atoms with Crippen LogP contribution in [0.2, 0.25) is 0 Å². The molecule has 1 aromatic rings. The minimum Gasteiger partial charge on any atom is -0.384 e. The van der Waals surface area contributed by atoms with Crippen LogP contribution in [0.15, 0.2) is 18.3 Å². The third-order valence-electron chi connectivity index (χ3n) is 3.59. The van der Waals surface area contributed by atoms with Gasteiger partial charge in [0.15, 0.2) is 0 Å². The number of nitrogens with two attached hydrogens (primary N) is 1. The average Bonchev–Trinajstić information content (AvgIpc) is 2.87. The quantitative estimate of drug-likeness (QED) is 0.785. The van der Waals surface area contributed by atoms with Crippen LogP contribution in [0.3, 0.4) is 0 Å². The van der Waals surface area contributed by atoms with Crippen molar-refractivity contribution in [1.82, 2.24) is 10.3 Å². The predicted molar refractivity (Wildman–Crippen MR) is 72.2 cm³/mol. The number of amides is 1. The number of nitrogens with one attached hydrogen (secondary N) is 1.